The van der Waals surface area contributed by atoms with Crippen LogP contribution in [-0.4, -0.2) is 21.8 Å². The van der Waals surface area contributed by atoms with Crippen molar-refractivity contribution in [3.63, 3.8) is 0 Å². The van der Waals surface area contributed by atoms with Crippen molar-refractivity contribution in [2.75, 3.05) is 11.8 Å². The van der Waals surface area contributed by atoms with Crippen molar-refractivity contribution in [3.05, 3.63) is 29.3 Å². The van der Waals surface area contributed by atoms with Gasteiger partial charge >= 0.3 is 0 Å². The first-order chi connectivity index (χ1) is 7.41. The van der Waals surface area contributed by atoms with Crippen molar-refractivity contribution in [2.24, 2.45) is 0 Å². The largest absolute Gasteiger partial charge is 0.298 e. The van der Waals surface area contributed by atoms with E-state index in [0.29, 0.717) is 0 Å². The lowest BCUT2D eigenvalue weighted by Crippen LogP contribution is -2.27. The molecule has 0 atom stereocenters. The number of carbonyl (C=O) groups excluding carboxylic acids is 1. The van der Waals surface area contributed by atoms with Gasteiger partial charge in [-0.25, -0.2) is 13.5 Å². The summed E-state index contributed by atoms with van der Waals surface area (Å²) in [4.78, 5) is 10.4. The SMILES string of the molecule is CNS(=O)(=O)Nc1ccc(F)c(C=O)c1F. The van der Waals surface area contributed by atoms with Crippen LogP contribution < -0.4 is 9.44 Å². The minimum Gasteiger partial charge on any atom is -0.298 e. The average Bonchev–Trinajstić information content (AvgIpc) is 2.23. The fourth-order valence-electron chi connectivity index (χ4n) is 0.952. The molecule has 1 rings (SSSR count). The minimum absolute atomic E-state index is 0.0260. The molecule has 2 N–H and O–H groups in total. The van der Waals surface area contributed by atoms with Crippen LogP contribution in [0.4, 0.5) is 14.5 Å². The number of anilines is 1. The van der Waals surface area contributed by atoms with E-state index in [4.69, 9.17) is 0 Å². The smallest absolute Gasteiger partial charge is 0.298 e. The molecule has 0 unspecified atom stereocenters. The third kappa shape index (κ3) is 2.52. The summed E-state index contributed by atoms with van der Waals surface area (Å²) >= 11 is 0. The van der Waals surface area contributed by atoms with Crippen molar-refractivity contribution in [3.8, 4) is 0 Å². The predicted molar refractivity (Wildman–Crippen MR) is 53.3 cm³/mol. The first kappa shape index (κ1) is 12.5. The fourth-order valence-corrected chi connectivity index (χ4v) is 1.50. The second kappa shape index (κ2) is 4.54. The summed E-state index contributed by atoms with van der Waals surface area (Å²) in [6.07, 6.45) is -0.0260. The van der Waals surface area contributed by atoms with Crippen LogP contribution in [0, 0.1) is 11.6 Å². The van der Waals surface area contributed by atoms with E-state index < -0.39 is 33.1 Å². The van der Waals surface area contributed by atoms with Crippen LogP contribution in [0.15, 0.2) is 12.1 Å². The van der Waals surface area contributed by atoms with Crippen molar-refractivity contribution in [2.45, 2.75) is 0 Å². The van der Waals surface area contributed by atoms with Crippen molar-refractivity contribution in [1.82, 2.24) is 4.72 Å². The van der Waals surface area contributed by atoms with Crippen LogP contribution in [0.3, 0.4) is 0 Å². The summed E-state index contributed by atoms with van der Waals surface area (Å²) in [5, 5.41) is 0. The monoisotopic (exact) mass is 250 g/mol. The molecule has 0 saturated carbocycles. The highest BCUT2D eigenvalue weighted by Crippen LogP contribution is 2.20. The highest BCUT2D eigenvalue weighted by Gasteiger charge is 2.16. The zero-order valence-electron chi connectivity index (χ0n) is 8.12. The molecule has 0 fully saturated rings. The highest BCUT2D eigenvalue weighted by molar-refractivity contribution is 7.90. The number of hydrogen-bond donors (Lipinski definition) is 2. The van der Waals surface area contributed by atoms with Gasteiger partial charge in [0.15, 0.2) is 12.1 Å². The standard InChI is InChI=1S/C8H8F2N2O3S/c1-11-16(14,15)12-7-3-2-6(9)5(4-13)8(7)10/h2-4,11-12H,1H3. The Hall–Kier alpha value is -1.54. The second-order valence-corrected chi connectivity index (χ2v) is 4.37. The zero-order chi connectivity index (χ0) is 12.3. The summed E-state index contributed by atoms with van der Waals surface area (Å²) in [6, 6.07) is 1.67. The third-order valence-corrected chi connectivity index (χ3v) is 2.78. The Bertz CT molecular complexity index is 516. The molecule has 0 aromatic heterocycles. The van der Waals surface area contributed by atoms with Crippen LogP contribution in [0.1, 0.15) is 10.4 Å². The van der Waals surface area contributed by atoms with Crippen molar-refractivity contribution >= 4 is 22.2 Å². The molecule has 0 bridgehead atoms. The lowest BCUT2D eigenvalue weighted by Gasteiger charge is -2.08. The molecular formula is C8H8F2N2O3S. The Morgan fingerprint density at radius 2 is 1.94 bits per heavy atom. The second-order valence-electron chi connectivity index (χ2n) is 2.75. The number of nitrogens with one attached hydrogen (secondary N) is 2. The number of carbonyl (C=O) groups is 1. The van der Waals surface area contributed by atoms with Crippen molar-refractivity contribution < 1.29 is 22.0 Å². The molecule has 0 amide bonds. The fraction of sp³-hybridized carbons (Fsp3) is 0.125. The summed E-state index contributed by atoms with van der Waals surface area (Å²) < 4.78 is 52.0. The maximum Gasteiger partial charge on any atom is 0.298 e. The van der Waals surface area contributed by atoms with Crippen LogP contribution in [0.2, 0.25) is 0 Å². The summed E-state index contributed by atoms with van der Waals surface area (Å²) in [7, 11) is -2.80. The zero-order valence-corrected chi connectivity index (χ0v) is 8.94. The quantitative estimate of drug-likeness (QED) is 0.770. The molecule has 0 aliphatic carbocycles. The maximum atomic E-state index is 13.4. The molecule has 1 aromatic carbocycles. The molecule has 0 aliphatic heterocycles. The number of aldehydes is 1. The molecule has 88 valence electrons. The molecule has 1 aromatic rings. The normalized spacial score (nSPS) is 11.2. The number of halogens is 2. The van der Waals surface area contributed by atoms with Crippen LogP contribution >= 0.6 is 0 Å². The van der Waals surface area contributed by atoms with E-state index >= 15 is 0 Å². The van der Waals surface area contributed by atoms with Crippen LogP contribution in [-0.2, 0) is 10.2 Å². The maximum absolute atomic E-state index is 13.4. The van der Waals surface area contributed by atoms with Gasteiger partial charge in [-0.15, -0.1) is 0 Å². The topological polar surface area (TPSA) is 75.3 Å². The third-order valence-electron chi connectivity index (χ3n) is 1.76. The number of benzene rings is 1. The first-order valence-corrected chi connectivity index (χ1v) is 5.54. The summed E-state index contributed by atoms with van der Waals surface area (Å²) in [6.45, 7) is 0. The molecule has 8 heteroatoms. The lowest BCUT2D eigenvalue weighted by atomic mass is 10.2. The number of hydrogen-bond acceptors (Lipinski definition) is 3. The Morgan fingerprint density at radius 1 is 1.31 bits per heavy atom. The van der Waals surface area contributed by atoms with Gasteiger partial charge in [-0.05, 0) is 12.1 Å². The molecule has 0 saturated heterocycles. The Kier molecular flexibility index (Phi) is 3.55. The first-order valence-electron chi connectivity index (χ1n) is 4.05. The van der Waals surface area contributed by atoms with E-state index in [9.17, 15) is 22.0 Å². The van der Waals surface area contributed by atoms with Gasteiger partial charge in [0.2, 0.25) is 0 Å². The summed E-state index contributed by atoms with van der Waals surface area (Å²) in [5.41, 5.74) is -1.32. The van der Waals surface area contributed by atoms with E-state index in [1.807, 2.05) is 4.72 Å². The van der Waals surface area contributed by atoms with Gasteiger partial charge in [0.1, 0.15) is 5.82 Å². The van der Waals surface area contributed by atoms with E-state index in [0.717, 1.165) is 19.2 Å². The van der Waals surface area contributed by atoms with Gasteiger partial charge in [-0.1, -0.05) is 0 Å². The van der Waals surface area contributed by atoms with Crippen molar-refractivity contribution in [1.29, 1.82) is 0 Å². The van der Waals surface area contributed by atoms with E-state index in [1.54, 1.807) is 4.72 Å². The van der Waals surface area contributed by atoms with Gasteiger partial charge in [-0.2, -0.15) is 8.42 Å². The van der Waals surface area contributed by atoms with Gasteiger partial charge in [0.25, 0.3) is 10.2 Å². The highest BCUT2D eigenvalue weighted by atomic mass is 32.2. The minimum atomic E-state index is -3.91. The lowest BCUT2D eigenvalue weighted by molar-refractivity contribution is 0.111. The van der Waals surface area contributed by atoms with Gasteiger partial charge < -0.3 is 0 Å². The molecule has 0 radical (unpaired) electrons. The predicted octanol–water partition coefficient (Wildman–Crippen LogP) is 0.653. The molecular weight excluding hydrogens is 242 g/mol. The molecule has 16 heavy (non-hydrogen) atoms. The Balaban J connectivity index is 3.22. The number of rotatable bonds is 4. The molecule has 0 aliphatic rings. The van der Waals surface area contributed by atoms with Crippen LogP contribution in [0.25, 0.3) is 0 Å². The Morgan fingerprint density at radius 3 is 2.44 bits per heavy atom. The van der Waals surface area contributed by atoms with Gasteiger partial charge in [0.05, 0.1) is 11.3 Å². The molecule has 0 heterocycles. The Labute approximate surface area is 90.6 Å². The summed E-state index contributed by atoms with van der Waals surface area (Å²) in [5.74, 6) is -2.31. The molecule has 5 nitrogen and oxygen atoms in total. The average molecular weight is 250 g/mol. The van der Waals surface area contributed by atoms with Gasteiger partial charge in [0, 0.05) is 7.05 Å². The van der Waals surface area contributed by atoms with E-state index in [-0.39, 0.29) is 6.29 Å². The molecule has 0 spiro atoms. The van der Waals surface area contributed by atoms with E-state index in [2.05, 4.69) is 0 Å². The van der Waals surface area contributed by atoms with E-state index in [1.165, 1.54) is 0 Å². The van der Waals surface area contributed by atoms with Crippen LogP contribution in [0.5, 0.6) is 0 Å². The van der Waals surface area contributed by atoms with Gasteiger partial charge in [-0.3, -0.25) is 9.52 Å².